The first-order chi connectivity index (χ1) is 10.9. The van der Waals surface area contributed by atoms with Crippen LogP contribution < -0.4 is 10.1 Å². The van der Waals surface area contributed by atoms with Crippen molar-refractivity contribution in [2.24, 2.45) is 17.8 Å². The van der Waals surface area contributed by atoms with Crippen LogP contribution in [0.3, 0.4) is 0 Å². The SMILES string of the molecule is COc1ccc(C(NC(=O)[C@@H]2CC[C@H](C(=O)O)C2)C(C)C)cc1. The first-order valence-electron chi connectivity index (χ1n) is 8.09. The van der Waals surface area contributed by atoms with Gasteiger partial charge in [0.2, 0.25) is 5.91 Å². The van der Waals surface area contributed by atoms with Crippen LogP contribution >= 0.6 is 0 Å². The number of nitrogens with one attached hydrogen (secondary N) is 1. The average Bonchev–Trinajstić information content (AvgIpc) is 3.02. The first-order valence-corrected chi connectivity index (χ1v) is 8.09. The number of ether oxygens (including phenoxy) is 1. The first kappa shape index (κ1) is 17.3. The second-order valence-electron chi connectivity index (χ2n) is 6.55. The standard InChI is InChI=1S/C18H25NO4/c1-11(2)16(12-6-8-15(23-3)9-7-12)19-17(20)13-4-5-14(10-13)18(21)22/h6-9,11,13-14,16H,4-5,10H2,1-3H3,(H,19,20)(H,21,22)/t13-,14+,16?/m1/s1. The summed E-state index contributed by atoms with van der Waals surface area (Å²) in [4.78, 5) is 23.5. The zero-order valence-electron chi connectivity index (χ0n) is 13.9. The van der Waals surface area contributed by atoms with Crippen LogP contribution in [0.25, 0.3) is 0 Å². The number of carbonyl (C=O) groups is 2. The Bertz CT molecular complexity index is 553. The number of benzene rings is 1. The molecule has 1 aliphatic carbocycles. The third kappa shape index (κ3) is 4.24. The van der Waals surface area contributed by atoms with Crippen molar-refractivity contribution in [2.75, 3.05) is 7.11 Å². The largest absolute Gasteiger partial charge is 0.497 e. The van der Waals surface area contributed by atoms with Crippen LogP contribution in [-0.2, 0) is 9.59 Å². The molecular weight excluding hydrogens is 294 g/mol. The predicted octanol–water partition coefficient (Wildman–Crippen LogP) is 3.01. The summed E-state index contributed by atoms with van der Waals surface area (Å²) in [5.41, 5.74) is 1.03. The molecule has 1 aromatic rings. The summed E-state index contributed by atoms with van der Waals surface area (Å²) in [6.07, 6.45) is 1.67. The molecule has 5 heteroatoms. The third-order valence-electron chi connectivity index (χ3n) is 4.59. The van der Waals surface area contributed by atoms with E-state index in [-0.39, 0.29) is 29.7 Å². The van der Waals surface area contributed by atoms with E-state index >= 15 is 0 Å². The van der Waals surface area contributed by atoms with Crippen LogP contribution in [-0.4, -0.2) is 24.1 Å². The van der Waals surface area contributed by atoms with Gasteiger partial charge < -0.3 is 15.2 Å². The molecule has 0 heterocycles. The molecule has 126 valence electrons. The third-order valence-corrected chi connectivity index (χ3v) is 4.59. The van der Waals surface area contributed by atoms with E-state index in [1.807, 2.05) is 24.3 Å². The monoisotopic (exact) mass is 319 g/mol. The molecule has 2 rings (SSSR count). The Kier molecular flexibility index (Phi) is 5.64. The van der Waals surface area contributed by atoms with Crippen molar-refractivity contribution in [3.63, 3.8) is 0 Å². The number of methoxy groups -OCH3 is 1. The Balaban J connectivity index is 2.04. The van der Waals surface area contributed by atoms with Crippen LogP contribution in [0.15, 0.2) is 24.3 Å². The van der Waals surface area contributed by atoms with E-state index in [0.29, 0.717) is 19.3 Å². The zero-order valence-corrected chi connectivity index (χ0v) is 13.9. The maximum atomic E-state index is 12.5. The summed E-state index contributed by atoms with van der Waals surface area (Å²) in [7, 11) is 1.62. The lowest BCUT2D eigenvalue weighted by Crippen LogP contribution is -2.35. The summed E-state index contributed by atoms with van der Waals surface area (Å²) >= 11 is 0. The van der Waals surface area contributed by atoms with Crippen molar-refractivity contribution < 1.29 is 19.4 Å². The highest BCUT2D eigenvalue weighted by atomic mass is 16.5. The van der Waals surface area contributed by atoms with Crippen molar-refractivity contribution in [3.05, 3.63) is 29.8 Å². The van der Waals surface area contributed by atoms with Gasteiger partial charge in [-0.25, -0.2) is 0 Å². The summed E-state index contributed by atoms with van der Waals surface area (Å²) in [6, 6.07) is 7.59. The topological polar surface area (TPSA) is 75.6 Å². The lowest BCUT2D eigenvalue weighted by Gasteiger charge is -2.25. The van der Waals surface area contributed by atoms with Gasteiger partial charge in [0.1, 0.15) is 5.75 Å². The molecule has 1 saturated carbocycles. The van der Waals surface area contributed by atoms with Crippen LogP contribution in [0.2, 0.25) is 0 Å². The Morgan fingerprint density at radius 1 is 1.17 bits per heavy atom. The van der Waals surface area contributed by atoms with Gasteiger partial charge in [-0.1, -0.05) is 26.0 Å². The number of carboxylic acids is 1. The van der Waals surface area contributed by atoms with E-state index in [1.54, 1.807) is 7.11 Å². The van der Waals surface area contributed by atoms with Gasteiger partial charge in [0, 0.05) is 5.92 Å². The summed E-state index contributed by atoms with van der Waals surface area (Å²) in [5.74, 6) is -0.398. The highest BCUT2D eigenvalue weighted by molar-refractivity contribution is 5.81. The van der Waals surface area contributed by atoms with E-state index in [9.17, 15) is 9.59 Å². The van der Waals surface area contributed by atoms with Gasteiger partial charge in [-0.15, -0.1) is 0 Å². The number of aliphatic carboxylic acids is 1. The second-order valence-corrected chi connectivity index (χ2v) is 6.55. The van der Waals surface area contributed by atoms with Gasteiger partial charge in [-0.05, 0) is 42.9 Å². The minimum Gasteiger partial charge on any atom is -0.497 e. The zero-order chi connectivity index (χ0) is 17.0. The molecule has 5 nitrogen and oxygen atoms in total. The molecule has 1 fully saturated rings. The van der Waals surface area contributed by atoms with Crippen LogP contribution in [0, 0.1) is 17.8 Å². The number of carboxylic acid groups (broad SMARTS) is 1. The normalized spacial score (nSPS) is 21.9. The van der Waals surface area contributed by atoms with Crippen molar-refractivity contribution in [3.8, 4) is 5.75 Å². The number of rotatable bonds is 6. The summed E-state index contributed by atoms with van der Waals surface area (Å²) in [5, 5.41) is 12.2. The molecule has 0 spiro atoms. The molecule has 1 amide bonds. The number of hydrogen-bond donors (Lipinski definition) is 2. The lowest BCUT2D eigenvalue weighted by molar-refractivity contribution is -0.141. The van der Waals surface area contributed by atoms with Gasteiger partial charge in [0.05, 0.1) is 19.1 Å². The van der Waals surface area contributed by atoms with Crippen molar-refractivity contribution in [1.29, 1.82) is 0 Å². The van der Waals surface area contributed by atoms with Crippen molar-refractivity contribution in [1.82, 2.24) is 5.32 Å². The average molecular weight is 319 g/mol. The molecule has 1 unspecified atom stereocenters. The Morgan fingerprint density at radius 2 is 1.78 bits per heavy atom. The minimum atomic E-state index is -0.795. The Hall–Kier alpha value is -2.04. The molecule has 3 atom stereocenters. The van der Waals surface area contributed by atoms with Crippen molar-refractivity contribution in [2.45, 2.75) is 39.2 Å². The maximum absolute atomic E-state index is 12.5. The van der Waals surface area contributed by atoms with Gasteiger partial charge in [-0.2, -0.15) is 0 Å². The molecule has 0 saturated heterocycles. The fourth-order valence-electron chi connectivity index (χ4n) is 3.16. The number of amides is 1. The van der Waals surface area contributed by atoms with E-state index in [4.69, 9.17) is 9.84 Å². The van der Waals surface area contributed by atoms with Gasteiger partial charge >= 0.3 is 5.97 Å². The highest BCUT2D eigenvalue weighted by Gasteiger charge is 2.34. The summed E-state index contributed by atoms with van der Waals surface area (Å²) in [6.45, 7) is 4.12. The smallest absolute Gasteiger partial charge is 0.306 e. The van der Waals surface area contributed by atoms with Gasteiger partial charge in [0.15, 0.2) is 0 Å². The van der Waals surface area contributed by atoms with E-state index < -0.39 is 5.97 Å². The van der Waals surface area contributed by atoms with Gasteiger partial charge in [0.25, 0.3) is 0 Å². The van der Waals surface area contributed by atoms with Crippen LogP contribution in [0.1, 0.15) is 44.7 Å². The number of carbonyl (C=O) groups excluding carboxylic acids is 1. The second kappa shape index (κ2) is 7.49. The quantitative estimate of drug-likeness (QED) is 0.845. The predicted molar refractivity (Wildman–Crippen MR) is 87.2 cm³/mol. The van der Waals surface area contributed by atoms with Crippen LogP contribution in [0.4, 0.5) is 0 Å². The fraction of sp³-hybridized carbons (Fsp3) is 0.556. The van der Waals surface area contributed by atoms with E-state index in [2.05, 4.69) is 19.2 Å². The number of hydrogen-bond acceptors (Lipinski definition) is 3. The molecule has 0 aliphatic heterocycles. The molecule has 0 aromatic heterocycles. The molecule has 1 aliphatic rings. The molecule has 2 N–H and O–H groups in total. The Labute approximate surface area is 137 Å². The molecule has 1 aromatic carbocycles. The van der Waals surface area contributed by atoms with E-state index in [1.165, 1.54) is 0 Å². The highest BCUT2D eigenvalue weighted by Crippen LogP contribution is 2.32. The molecular formula is C18H25NO4. The fourth-order valence-corrected chi connectivity index (χ4v) is 3.16. The van der Waals surface area contributed by atoms with E-state index in [0.717, 1.165) is 11.3 Å². The Morgan fingerprint density at radius 3 is 2.26 bits per heavy atom. The lowest BCUT2D eigenvalue weighted by atomic mass is 9.94. The van der Waals surface area contributed by atoms with Crippen molar-refractivity contribution >= 4 is 11.9 Å². The molecule has 23 heavy (non-hydrogen) atoms. The summed E-state index contributed by atoms with van der Waals surface area (Å²) < 4.78 is 5.16. The molecule has 0 radical (unpaired) electrons. The maximum Gasteiger partial charge on any atom is 0.306 e. The van der Waals surface area contributed by atoms with Gasteiger partial charge in [-0.3, -0.25) is 9.59 Å². The molecule has 0 bridgehead atoms. The minimum absolute atomic E-state index is 0.0386. The van der Waals surface area contributed by atoms with Crippen LogP contribution in [0.5, 0.6) is 5.75 Å².